The molecule has 1 aromatic rings. The van der Waals surface area contributed by atoms with Gasteiger partial charge in [0.2, 0.25) is 0 Å². The van der Waals surface area contributed by atoms with Crippen molar-refractivity contribution in [1.82, 2.24) is 9.88 Å². The number of aromatic nitrogens is 1. The maximum absolute atomic E-state index is 12.8. The zero-order valence-corrected chi connectivity index (χ0v) is 11.7. The van der Waals surface area contributed by atoms with Gasteiger partial charge in [0.05, 0.1) is 6.20 Å². The van der Waals surface area contributed by atoms with Gasteiger partial charge in [0, 0.05) is 19.0 Å². The van der Waals surface area contributed by atoms with E-state index in [-0.39, 0.29) is 5.78 Å². The van der Waals surface area contributed by atoms with Gasteiger partial charge < -0.3 is 0 Å². The molecule has 0 amide bonds. The quantitative estimate of drug-likeness (QED) is 0.792. The molecule has 0 radical (unpaired) electrons. The van der Waals surface area contributed by atoms with E-state index in [1.165, 1.54) is 44.2 Å². The Morgan fingerprint density at radius 3 is 2.95 bits per heavy atom. The lowest BCUT2D eigenvalue weighted by Crippen LogP contribution is -2.43. The Bertz CT molecular complexity index is 474. The summed E-state index contributed by atoms with van der Waals surface area (Å²) in [5.74, 6) is 0.472. The molecule has 20 heavy (non-hydrogen) atoms. The van der Waals surface area contributed by atoms with Crippen LogP contribution in [0.15, 0.2) is 18.3 Å². The molecule has 2 heterocycles. The Morgan fingerprint density at radius 1 is 1.30 bits per heavy atom. The number of carbonyl (C=O) groups is 1. The van der Waals surface area contributed by atoms with Crippen molar-refractivity contribution < 1.29 is 9.18 Å². The number of fused-ring (bicyclic) bond motifs is 1. The maximum Gasteiger partial charge on any atom is 0.182 e. The zero-order chi connectivity index (χ0) is 13.9. The van der Waals surface area contributed by atoms with Crippen LogP contribution in [0.5, 0.6) is 0 Å². The van der Waals surface area contributed by atoms with Crippen LogP contribution in [0.2, 0.25) is 0 Å². The van der Waals surface area contributed by atoms with E-state index in [1.807, 2.05) is 0 Å². The monoisotopic (exact) mass is 276 g/mol. The molecule has 3 nitrogen and oxygen atoms in total. The van der Waals surface area contributed by atoms with Crippen molar-refractivity contribution in [3.63, 3.8) is 0 Å². The van der Waals surface area contributed by atoms with E-state index in [9.17, 15) is 9.18 Å². The molecule has 2 atom stereocenters. The third kappa shape index (κ3) is 2.90. The Labute approximate surface area is 119 Å². The minimum atomic E-state index is -0.397. The molecule has 2 fully saturated rings. The predicted octanol–water partition coefficient (Wildman–Crippen LogP) is 3.06. The number of ketones is 1. The highest BCUT2D eigenvalue weighted by Crippen LogP contribution is 2.36. The largest absolute Gasteiger partial charge is 0.300 e. The standard InChI is InChI=1S/C16H21FN2O/c17-13-6-7-14(18-11-13)16(20)8-10-19-9-2-4-12-3-1-5-15(12)19/h6-7,11-12,15H,1-5,8-10H2. The second-order valence-corrected chi connectivity index (χ2v) is 5.97. The molecule has 1 aliphatic heterocycles. The molecule has 0 spiro atoms. The van der Waals surface area contributed by atoms with E-state index >= 15 is 0 Å². The van der Waals surface area contributed by atoms with Crippen LogP contribution in [0, 0.1) is 11.7 Å². The second-order valence-electron chi connectivity index (χ2n) is 5.97. The number of halogens is 1. The first-order valence-electron chi connectivity index (χ1n) is 7.63. The summed E-state index contributed by atoms with van der Waals surface area (Å²) >= 11 is 0. The number of hydrogen-bond donors (Lipinski definition) is 0. The fourth-order valence-corrected chi connectivity index (χ4v) is 3.75. The molecule has 0 aromatic carbocycles. The van der Waals surface area contributed by atoms with Gasteiger partial charge in [0.1, 0.15) is 11.5 Å². The SMILES string of the molecule is O=C(CCN1CCCC2CCCC21)c1ccc(F)cn1. The van der Waals surface area contributed by atoms with Gasteiger partial charge in [0.15, 0.2) is 5.78 Å². The van der Waals surface area contributed by atoms with Crippen molar-refractivity contribution >= 4 is 5.78 Å². The lowest BCUT2D eigenvalue weighted by molar-refractivity contribution is 0.0871. The first kappa shape index (κ1) is 13.7. The third-order valence-corrected chi connectivity index (χ3v) is 4.75. The van der Waals surface area contributed by atoms with Crippen LogP contribution < -0.4 is 0 Å². The van der Waals surface area contributed by atoms with Crippen molar-refractivity contribution in [1.29, 1.82) is 0 Å². The summed E-state index contributed by atoms with van der Waals surface area (Å²) in [6.45, 7) is 1.93. The van der Waals surface area contributed by atoms with Gasteiger partial charge in [-0.2, -0.15) is 0 Å². The minimum absolute atomic E-state index is 0.0186. The van der Waals surface area contributed by atoms with E-state index in [0.717, 1.165) is 25.2 Å². The highest BCUT2D eigenvalue weighted by atomic mass is 19.1. The van der Waals surface area contributed by atoms with Crippen molar-refractivity contribution in [2.75, 3.05) is 13.1 Å². The molecule has 3 rings (SSSR count). The molecular formula is C16H21FN2O. The first-order valence-corrected chi connectivity index (χ1v) is 7.63. The summed E-state index contributed by atoms with van der Waals surface area (Å²) in [6, 6.07) is 3.47. The summed E-state index contributed by atoms with van der Waals surface area (Å²) in [5.41, 5.74) is 0.381. The van der Waals surface area contributed by atoms with Crippen molar-refractivity contribution in [3.05, 3.63) is 29.8 Å². The first-order chi connectivity index (χ1) is 9.74. The number of rotatable bonds is 4. The van der Waals surface area contributed by atoms with Crippen LogP contribution in [0.4, 0.5) is 4.39 Å². The molecule has 0 N–H and O–H groups in total. The van der Waals surface area contributed by atoms with Crippen molar-refractivity contribution in [3.8, 4) is 0 Å². The van der Waals surface area contributed by atoms with E-state index in [1.54, 1.807) is 0 Å². The fraction of sp³-hybridized carbons (Fsp3) is 0.625. The summed E-state index contributed by atoms with van der Waals surface area (Å²) in [7, 11) is 0. The predicted molar refractivity (Wildman–Crippen MR) is 75.1 cm³/mol. The smallest absolute Gasteiger partial charge is 0.182 e. The van der Waals surface area contributed by atoms with Crippen LogP contribution in [0.3, 0.4) is 0 Å². The summed E-state index contributed by atoms with van der Waals surface area (Å²) in [5, 5.41) is 0. The summed E-state index contributed by atoms with van der Waals surface area (Å²) in [4.78, 5) is 18.4. The number of hydrogen-bond acceptors (Lipinski definition) is 3. The third-order valence-electron chi connectivity index (χ3n) is 4.75. The minimum Gasteiger partial charge on any atom is -0.300 e. The molecule has 0 bridgehead atoms. The van der Waals surface area contributed by atoms with Gasteiger partial charge in [-0.05, 0) is 50.3 Å². The van der Waals surface area contributed by atoms with Gasteiger partial charge in [-0.25, -0.2) is 4.39 Å². The van der Waals surface area contributed by atoms with E-state index in [2.05, 4.69) is 9.88 Å². The van der Waals surface area contributed by atoms with Gasteiger partial charge in [0.25, 0.3) is 0 Å². The maximum atomic E-state index is 12.8. The number of carbonyl (C=O) groups excluding carboxylic acids is 1. The Morgan fingerprint density at radius 2 is 2.15 bits per heavy atom. The van der Waals surface area contributed by atoms with Gasteiger partial charge in [-0.15, -0.1) is 0 Å². The number of likely N-dealkylation sites (tertiary alicyclic amines) is 1. The van der Waals surface area contributed by atoms with E-state index < -0.39 is 5.82 Å². The van der Waals surface area contributed by atoms with Crippen LogP contribution in [0.1, 0.15) is 49.0 Å². The van der Waals surface area contributed by atoms with Crippen LogP contribution in [-0.2, 0) is 0 Å². The van der Waals surface area contributed by atoms with Crippen LogP contribution in [-0.4, -0.2) is 34.8 Å². The van der Waals surface area contributed by atoms with E-state index in [4.69, 9.17) is 0 Å². The number of nitrogens with zero attached hydrogens (tertiary/aromatic N) is 2. The van der Waals surface area contributed by atoms with Gasteiger partial charge >= 0.3 is 0 Å². The van der Waals surface area contributed by atoms with E-state index in [0.29, 0.717) is 18.2 Å². The summed E-state index contributed by atoms with van der Waals surface area (Å²) in [6.07, 6.45) is 8.18. The number of piperidine rings is 1. The van der Waals surface area contributed by atoms with Gasteiger partial charge in [-0.3, -0.25) is 14.7 Å². The molecule has 1 saturated heterocycles. The molecular weight excluding hydrogens is 255 g/mol. The fourth-order valence-electron chi connectivity index (χ4n) is 3.75. The Hall–Kier alpha value is -1.29. The van der Waals surface area contributed by atoms with Crippen molar-refractivity contribution in [2.45, 2.75) is 44.6 Å². The zero-order valence-electron chi connectivity index (χ0n) is 11.7. The van der Waals surface area contributed by atoms with Crippen LogP contribution >= 0.6 is 0 Å². The Kier molecular flexibility index (Phi) is 4.10. The molecule has 1 saturated carbocycles. The van der Waals surface area contributed by atoms with Crippen LogP contribution in [0.25, 0.3) is 0 Å². The second kappa shape index (κ2) is 6.00. The lowest BCUT2D eigenvalue weighted by Gasteiger charge is -2.37. The van der Waals surface area contributed by atoms with Gasteiger partial charge in [-0.1, -0.05) is 6.42 Å². The average Bonchev–Trinajstić information content (AvgIpc) is 2.94. The highest BCUT2D eigenvalue weighted by Gasteiger charge is 2.34. The molecule has 2 unspecified atom stereocenters. The normalized spacial score (nSPS) is 26.4. The molecule has 1 aromatic heterocycles. The Balaban J connectivity index is 1.56. The lowest BCUT2D eigenvalue weighted by atomic mass is 9.92. The number of pyridine rings is 1. The highest BCUT2D eigenvalue weighted by molar-refractivity contribution is 5.94. The topological polar surface area (TPSA) is 33.2 Å². The molecule has 108 valence electrons. The molecule has 1 aliphatic carbocycles. The molecule has 2 aliphatic rings. The van der Waals surface area contributed by atoms with Crippen molar-refractivity contribution in [2.24, 2.45) is 5.92 Å². The average molecular weight is 276 g/mol. The number of Topliss-reactive ketones (excluding diaryl/α,β-unsaturated/α-hetero) is 1. The molecule has 4 heteroatoms. The summed E-state index contributed by atoms with van der Waals surface area (Å²) < 4.78 is 12.8.